The van der Waals surface area contributed by atoms with Crippen molar-refractivity contribution in [2.45, 2.75) is 64.2 Å². The molecule has 0 radical (unpaired) electrons. The van der Waals surface area contributed by atoms with Gasteiger partial charge in [0.25, 0.3) is 0 Å². The normalized spacial score (nSPS) is 36.1. The van der Waals surface area contributed by atoms with Crippen LogP contribution in [0.15, 0.2) is 0 Å². The summed E-state index contributed by atoms with van der Waals surface area (Å²) >= 11 is 2.15. The Morgan fingerprint density at radius 2 is 2.10 bits per heavy atom. The zero-order valence-corrected chi connectivity index (χ0v) is 14.6. The maximum absolute atomic E-state index is 3.83. The third kappa shape index (κ3) is 4.92. The van der Waals surface area contributed by atoms with Gasteiger partial charge >= 0.3 is 0 Å². The molecule has 0 bridgehead atoms. The molecule has 1 saturated carbocycles. The van der Waals surface area contributed by atoms with Gasteiger partial charge in [0.15, 0.2) is 0 Å². The molecule has 0 amide bonds. The van der Waals surface area contributed by atoms with Crippen molar-refractivity contribution in [3.63, 3.8) is 0 Å². The van der Waals surface area contributed by atoms with Gasteiger partial charge in [-0.25, -0.2) is 0 Å². The van der Waals surface area contributed by atoms with Gasteiger partial charge in [0.2, 0.25) is 0 Å². The lowest BCUT2D eigenvalue weighted by Gasteiger charge is -2.41. The zero-order chi connectivity index (χ0) is 14.4. The average molecular weight is 299 g/mol. The van der Waals surface area contributed by atoms with Gasteiger partial charge in [-0.3, -0.25) is 0 Å². The minimum Gasteiger partial charge on any atom is -0.314 e. The van der Waals surface area contributed by atoms with Crippen LogP contribution >= 0.6 is 11.8 Å². The van der Waals surface area contributed by atoms with Crippen LogP contribution in [0.3, 0.4) is 0 Å². The van der Waals surface area contributed by atoms with E-state index in [0.717, 1.165) is 23.1 Å². The lowest BCUT2D eigenvalue weighted by molar-refractivity contribution is 0.140. The van der Waals surface area contributed by atoms with Crippen molar-refractivity contribution in [2.75, 3.05) is 31.9 Å². The van der Waals surface area contributed by atoms with Crippen LogP contribution in [0.5, 0.6) is 0 Å². The second-order valence-corrected chi connectivity index (χ2v) is 8.40. The summed E-state index contributed by atoms with van der Waals surface area (Å²) in [5, 5.41) is 4.66. The van der Waals surface area contributed by atoms with Crippen LogP contribution in [-0.2, 0) is 0 Å². The van der Waals surface area contributed by atoms with Gasteiger partial charge in [-0.05, 0) is 44.1 Å². The largest absolute Gasteiger partial charge is 0.314 e. The van der Waals surface area contributed by atoms with E-state index in [1.54, 1.807) is 0 Å². The first-order chi connectivity index (χ1) is 9.72. The van der Waals surface area contributed by atoms with Gasteiger partial charge in [-0.15, -0.1) is 0 Å². The minimum absolute atomic E-state index is 0.780. The lowest BCUT2D eigenvalue weighted by atomic mass is 9.76. The van der Waals surface area contributed by atoms with E-state index in [1.807, 2.05) is 0 Å². The summed E-state index contributed by atoms with van der Waals surface area (Å²) in [5.74, 6) is 3.20. The molecule has 20 heavy (non-hydrogen) atoms. The highest BCUT2D eigenvalue weighted by Crippen LogP contribution is 2.32. The second-order valence-electron chi connectivity index (χ2n) is 6.85. The van der Waals surface area contributed by atoms with Crippen LogP contribution in [-0.4, -0.2) is 48.1 Å². The zero-order valence-electron chi connectivity index (χ0n) is 13.7. The number of rotatable bonds is 6. The van der Waals surface area contributed by atoms with E-state index in [9.17, 15) is 0 Å². The Labute approximate surface area is 130 Å². The molecule has 1 aliphatic heterocycles. The first-order valence-corrected chi connectivity index (χ1v) is 9.85. The minimum atomic E-state index is 0.780. The summed E-state index contributed by atoms with van der Waals surface area (Å²) in [6.45, 7) is 12.2. The Kier molecular flexibility index (Phi) is 7.20. The Morgan fingerprint density at radius 1 is 1.25 bits per heavy atom. The summed E-state index contributed by atoms with van der Waals surface area (Å²) in [5.41, 5.74) is 0. The summed E-state index contributed by atoms with van der Waals surface area (Å²) in [7, 11) is 0. The Morgan fingerprint density at radius 3 is 2.80 bits per heavy atom. The highest BCUT2D eigenvalue weighted by atomic mass is 32.2. The molecule has 2 fully saturated rings. The Bertz CT molecular complexity index is 272. The molecule has 4 unspecified atom stereocenters. The van der Waals surface area contributed by atoms with Crippen molar-refractivity contribution in [1.82, 2.24) is 10.2 Å². The van der Waals surface area contributed by atoms with Crippen LogP contribution < -0.4 is 5.32 Å². The maximum Gasteiger partial charge on any atom is 0.0147 e. The standard InChI is InChI=1S/C17H34N2S/c1-4-8-18-17-7-6-15(5-2)11-16(17)13-19-9-10-20-14(3)12-19/h14-18H,4-13H2,1-3H3. The van der Waals surface area contributed by atoms with E-state index in [1.165, 1.54) is 64.0 Å². The molecule has 2 nitrogen and oxygen atoms in total. The second kappa shape index (κ2) is 8.65. The summed E-state index contributed by atoms with van der Waals surface area (Å²) in [6.07, 6.45) is 6.94. The maximum atomic E-state index is 3.83. The topological polar surface area (TPSA) is 15.3 Å². The molecule has 2 aliphatic rings. The molecule has 118 valence electrons. The van der Waals surface area contributed by atoms with Crippen LogP contribution in [0.1, 0.15) is 52.9 Å². The number of nitrogens with one attached hydrogen (secondary N) is 1. The van der Waals surface area contributed by atoms with E-state index in [-0.39, 0.29) is 0 Å². The van der Waals surface area contributed by atoms with Crippen molar-refractivity contribution in [3.05, 3.63) is 0 Å². The fraction of sp³-hybridized carbons (Fsp3) is 1.00. The molecular weight excluding hydrogens is 264 g/mol. The molecule has 2 rings (SSSR count). The fourth-order valence-corrected chi connectivity index (χ4v) is 5.00. The van der Waals surface area contributed by atoms with Gasteiger partial charge < -0.3 is 10.2 Å². The SMILES string of the molecule is CCCNC1CCC(CC)CC1CN1CCSC(C)C1. The predicted octanol–water partition coefficient (Wildman–Crippen LogP) is 3.62. The molecule has 0 aromatic rings. The van der Waals surface area contributed by atoms with Gasteiger partial charge in [0.1, 0.15) is 0 Å². The molecule has 0 aromatic heterocycles. The molecular formula is C17H34N2S. The molecule has 1 heterocycles. The molecule has 1 N–H and O–H groups in total. The smallest absolute Gasteiger partial charge is 0.0147 e. The van der Waals surface area contributed by atoms with Crippen molar-refractivity contribution in [3.8, 4) is 0 Å². The van der Waals surface area contributed by atoms with Crippen LogP contribution in [0.4, 0.5) is 0 Å². The van der Waals surface area contributed by atoms with E-state index in [0.29, 0.717) is 0 Å². The van der Waals surface area contributed by atoms with Crippen molar-refractivity contribution in [2.24, 2.45) is 11.8 Å². The summed E-state index contributed by atoms with van der Waals surface area (Å²) in [6, 6.07) is 0.780. The first kappa shape index (κ1) is 16.6. The van der Waals surface area contributed by atoms with E-state index >= 15 is 0 Å². The quantitative estimate of drug-likeness (QED) is 0.806. The molecule has 4 atom stereocenters. The molecule has 1 saturated heterocycles. The van der Waals surface area contributed by atoms with Gasteiger partial charge in [0, 0.05) is 36.7 Å². The van der Waals surface area contributed by atoms with Crippen molar-refractivity contribution >= 4 is 11.8 Å². The third-order valence-electron chi connectivity index (χ3n) is 5.14. The lowest BCUT2D eigenvalue weighted by Crippen LogP contribution is -2.48. The molecule has 1 aliphatic carbocycles. The highest BCUT2D eigenvalue weighted by Gasteiger charge is 2.31. The molecule has 3 heteroatoms. The van der Waals surface area contributed by atoms with E-state index in [4.69, 9.17) is 0 Å². The highest BCUT2D eigenvalue weighted by molar-refractivity contribution is 7.99. The third-order valence-corrected chi connectivity index (χ3v) is 6.28. The van der Waals surface area contributed by atoms with Crippen molar-refractivity contribution in [1.29, 1.82) is 0 Å². The first-order valence-electron chi connectivity index (χ1n) is 8.80. The molecule has 0 spiro atoms. The number of hydrogen-bond acceptors (Lipinski definition) is 3. The monoisotopic (exact) mass is 298 g/mol. The number of thioether (sulfide) groups is 1. The predicted molar refractivity (Wildman–Crippen MR) is 91.6 cm³/mol. The van der Waals surface area contributed by atoms with E-state index in [2.05, 4.69) is 42.7 Å². The van der Waals surface area contributed by atoms with Crippen LogP contribution in [0, 0.1) is 11.8 Å². The van der Waals surface area contributed by atoms with Gasteiger partial charge in [0.05, 0.1) is 0 Å². The summed E-state index contributed by atoms with van der Waals surface area (Å²) < 4.78 is 0. The Balaban J connectivity index is 1.88. The average Bonchev–Trinajstić information content (AvgIpc) is 2.46. The van der Waals surface area contributed by atoms with Crippen LogP contribution in [0.25, 0.3) is 0 Å². The van der Waals surface area contributed by atoms with Gasteiger partial charge in [-0.2, -0.15) is 11.8 Å². The summed E-state index contributed by atoms with van der Waals surface area (Å²) in [4.78, 5) is 2.74. The number of hydrogen-bond donors (Lipinski definition) is 1. The fourth-order valence-electron chi connectivity index (χ4n) is 3.92. The van der Waals surface area contributed by atoms with Crippen LogP contribution in [0.2, 0.25) is 0 Å². The van der Waals surface area contributed by atoms with E-state index < -0.39 is 0 Å². The van der Waals surface area contributed by atoms with Gasteiger partial charge in [-0.1, -0.05) is 27.2 Å². The van der Waals surface area contributed by atoms with Crippen molar-refractivity contribution < 1.29 is 0 Å². The Hall–Kier alpha value is 0.270. The number of nitrogens with zero attached hydrogens (tertiary/aromatic N) is 1. The molecule has 0 aromatic carbocycles.